The molecule has 2 aromatic rings. The summed E-state index contributed by atoms with van der Waals surface area (Å²) < 4.78 is 0.998. The van der Waals surface area contributed by atoms with E-state index in [1.807, 2.05) is 38.1 Å². The lowest BCUT2D eigenvalue weighted by molar-refractivity contribution is -0.123. The molecule has 27 heavy (non-hydrogen) atoms. The molecule has 8 heteroatoms. The number of aromatic amines is 1. The highest BCUT2D eigenvalue weighted by Gasteiger charge is 2.24. The molecule has 0 aliphatic carbocycles. The summed E-state index contributed by atoms with van der Waals surface area (Å²) >= 11 is 3.41. The van der Waals surface area contributed by atoms with Gasteiger partial charge in [-0.05, 0) is 32.0 Å². The molecule has 1 aliphatic heterocycles. The van der Waals surface area contributed by atoms with E-state index < -0.39 is 0 Å². The molecule has 2 heterocycles. The highest BCUT2D eigenvalue weighted by Crippen LogP contribution is 2.21. The predicted octanol–water partition coefficient (Wildman–Crippen LogP) is 2.12. The largest absolute Gasteiger partial charge is 0.353 e. The van der Waals surface area contributed by atoms with E-state index in [1.54, 1.807) is 11.0 Å². The molecule has 0 unspecified atom stereocenters. The monoisotopic (exact) mass is 433 g/mol. The number of amides is 2. The third-order valence-corrected chi connectivity index (χ3v) is 4.95. The van der Waals surface area contributed by atoms with Crippen LogP contribution in [0.5, 0.6) is 0 Å². The van der Waals surface area contributed by atoms with Crippen LogP contribution in [0, 0.1) is 0 Å². The lowest BCUT2D eigenvalue weighted by Gasteiger charge is -2.34. The van der Waals surface area contributed by atoms with Crippen LogP contribution < -0.4 is 5.32 Å². The fourth-order valence-corrected chi connectivity index (χ4v) is 3.31. The summed E-state index contributed by atoms with van der Waals surface area (Å²) in [5, 5.41) is 10.0. The van der Waals surface area contributed by atoms with Crippen LogP contribution in [0.2, 0.25) is 0 Å². The van der Waals surface area contributed by atoms with Crippen LogP contribution >= 0.6 is 15.9 Å². The number of rotatable bonds is 5. The third kappa shape index (κ3) is 5.17. The van der Waals surface area contributed by atoms with Gasteiger partial charge in [0, 0.05) is 42.3 Å². The number of benzene rings is 1. The zero-order chi connectivity index (χ0) is 19.4. The van der Waals surface area contributed by atoms with Crippen molar-refractivity contribution in [3.63, 3.8) is 0 Å². The molecule has 3 rings (SSSR count). The highest BCUT2D eigenvalue weighted by molar-refractivity contribution is 9.10. The van der Waals surface area contributed by atoms with E-state index in [-0.39, 0.29) is 17.9 Å². The first kappa shape index (κ1) is 19.6. The summed E-state index contributed by atoms with van der Waals surface area (Å²) in [7, 11) is 0. The Morgan fingerprint density at radius 1 is 1.19 bits per heavy atom. The number of halogens is 1. The second-order valence-corrected chi connectivity index (χ2v) is 7.88. The molecule has 0 saturated carbocycles. The van der Waals surface area contributed by atoms with Crippen molar-refractivity contribution < 1.29 is 9.59 Å². The Morgan fingerprint density at radius 2 is 1.85 bits per heavy atom. The minimum absolute atomic E-state index is 0.0254. The van der Waals surface area contributed by atoms with E-state index in [0.717, 1.165) is 15.7 Å². The summed E-state index contributed by atoms with van der Waals surface area (Å²) in [6, 6.07) is 9.72. The van der Waals surface area contributed by atoms with E-state index in [9.17, 15) is 9.59 Å². The molecule has 7 nitrogen and oxygen atoms in total. The van der Waals surface area contributed by atoms with Gasteiger partial charge in [-0.15, -0.1) is 0 Å². The van der Waals surface area contributed by atoms with Crippen LogP contribution in [-0.4, -0.2) is 70.6 Å². The first-order valence-corrected chi connectivity index (χ1v) is 9.84. The minimum atomic E-state index is -0.0582. The van der Waals surface area contributed by atoms with Gasteiger partial charge in [0.2, 0.25) is 5.91 Å². The van der Waals surface area contributed by atoms with E-state index in [1.165, 1.54) is 0 Å². The Hall–Kier alpha value is -2.19. The number of carbonyl (C=O) groups is 2. The molecule has 144 valence electrons. The molecule has 2 N–H and O–H groups in total. The maximum Gasteiger partial charge on any atom is 0.271 e. The normalized spacial score (nSPS) is 15.2. The smallest absolute Gasteiger partial charge is 0.271 e. The molecule has 1 aromatic heterocycles. The van der Waals surface area contributed by atoms with Gasteiger partial charge in [-0.25, -0.2) is 0 Å². The van der Waals surface area contributed by atoms with Crippen molar-refractivity contribution in [1.82, 2.24) is 25.3 Å². The van der Waals surface area contributed by atoms with Gasteiger partial charge in [-0.1, -0.05) is 28.1 Å². The van der Waals surface area contributed by atoms with Gasteiger partial charge in [-0.2, -0.15) is 5.10 Å². The molecule has 1 aliphatic rings. The van der Waals surface area contributed by atoms with Crippen molar-refractivity contribution in [2.24, 2.45) is 0 Å². The van der Waals surface area contributed by atoms with Crippen molar-refractivity contribution in [1.29, 1.82) is 0 Å². The van der Waals surface area contributed by atoms with Crippen LogP contribution in [0.1, 0.15) is 24.3 Å². The first-order valence-electron chi connectivity index (χ1n) is 9.04. The van der Waals surface area contributed by atoms with Gasteiger partial charge < -0.3 is 10.2 Å². The van der Waals surface area contributed by atoms with Crippen LogP contribution in [0.4, 0.5) is 0 Å². The maximum absolute atomic E-state index is 12.7. The van der Waals surface area contributed by atoms with Gasteiger partial charge in [0.25, 0.3) is 5.91 Å². The Labute approximate surface area is 167 Å². The number of H-pyrrole nitrogens is 1. The number of nitrogens with one attached hydrogen (secondary N) is 2. The first-order chi connectivity index (χ1) is 12.9. The molecule has 0 atom stereocenters. The van der Waals surface area contributed by atoms with Crippen LogP contribution in [0.3, 0.4) is 0 Å². The number of hydrogen-bond donors (Lipinski definition) is 2. The Morgan fingerprint density at radius 3 is 2.48 bits per heavy atom. The summed E-state index contributed by atoms with van der Waals surface area (Å²) in [6.07, 6.45) is 0. The van der Waals surface area contributed by atoms with Crippen LogP contribution in [0.15, 0.2) is 34.8 Å². The SMILES string of the molecule is CC(C)NC(=O)CN1CCN(C(=O)c2cc(-c3ccc(Br)cc3)n[nH]2)CC1. The van der Waals surface area contributed by atoms with E-state index >= 15 is 0 Å². The average molecular weight is 434 g/mol. The fraction of sp³-hybridized carbons (Fsp3) is 0.421. The number of aromatic nitrogens is 2. The lowest BCUT2D eigenvalue weighted by atomic mass is 10.1. The predicted molar refractivity (Wildman–Crippen MR) is 107 cm³/mol. The zero-order valence-corrected chi connectivity index (χ0v) is 17.1. The number of nitrogens with zero attached hydrogens (tertiary/aromatic N) is 3. The van der Waals surface area contributed by atoms with Gasteiger partial charge >= 0.3 is 0 Å². The van der Waals surface area contributed by atoms with Crippen molar-refractivity contribution in [3.8, 4) is 11.3 Å². The third-order valence-electron chi connectivity index (χ3n) is 4.42. The summed E-state index contributed by atoms with van der Waals surface area (Å²) in [5.41, 5.74) is 2.18. The highest BCUT2D eigenvalue weighted by atomic mass is 79.9. The summed E-state index contributed by atoms with van der Waals surface area (Å²) in [6.45, 7) is 6.83. The number of carbonyl (C=O) groups excluding carboxylic acids is 2. The van der Waals surface area contributed by atoms with Gasteiger partial charge in [0.15, 0.2) is 0 Å². The summed E-state index contributed by atoms with van der Waals surface area (Å²) in [4.78, 5) is 28.5. The topological polar surface area (TPSA) is 81.3 Å². The Bertz CT molecular complexity index is 795. The van der Waals surface area contributed by atoms with Gasteiger partial charge in [-0.3, -0.25) is 19.6 Å². The van der Waals surface area contributed by atoms with Gasteiger partial charge in [0.05, 0.1) is 12.2 Å². The standard InChI is InChI=1S/C19H24BrN5O2/c1-13(2)21-18(26)12-24-7-9-25(10-8-24)19(27)17-11-16(22-23-17)14-3-5-15(20)6-4-14/h3-6,11,13H,7-10,12H2,1-2H3,(H,21,26)(H,22,23). The van der Waals surface area contributed by atoms with Crippen molar-refractivity contribution in [3.05, 3.63) is 40.5 Å². The van der Waals surface area contributed by atoms with Crippen LogP contribution in [-0.2, 0) is 4.79 Å². The van der Waals surface area contributed by atoms with E-state index in [2.05, 4.69) is 36.3 Å². The zero-order valence-electron chi connectivity index (χ0n) is 15.5. The van der Waals surface area contributed by atoms with Crippen LogP contribution in [0.25, 0.3) is 11.3 Å². The minimum Gasteiger partial charge on any atom is -0.353 e. The molecule has 1 fully saturated rings. The molecule has 0 bridgehead atoms. The van der Waals surface area contributed by atoms with Crippen molar-refractivity contribution in [2.45, 2.75) is 19.9 Å². The second-order valence-electron chi connectivity index (χ2n) is 6.96. The molecule has 1 aromatic carbocycles. The number of piperazine rings is 1. The van der Waals surface area contributed by atoms with Crippen molar-refractivity contribution in [2.75, 3.05) is 32.7 Å². The molecule has 2 amide bonds. The molecular weight excluding hydrogens is 410 g/mol. The molecule has 0 spiro atoms. The van der Waals surface area contributed by atoms with E-state index in [0.29, 0.717) is 38.4 Å². The van der Waals surface area contributed by atoms with Crippen molar-refractivity contribution >= 4 is 27.7 Å². The summed E-state index contributed by atoms with van der Waals surface area (Å²) in [5.74, 6) is -0.0328. The Kier molecular flexibility index (Phi) is 6.28. The average Bonchev–Trinajstić information content (AvgIpc) is 3.12. The Balaban J connectivity index is 1.55. The second kappa shape index (κ2) is 8.67. The fourth-order valence-electron chi connectivity index (χ4n) is 3.05. The lowest BCUT2D eigenvalue weighted by Crippen LogP contribution is -2.51. The molecule has 1 saturated heterocycles. The molecule has 0 radical (unpaired) electrons. The maximum atomic E-state index is 12.7. The van der Waals surface area contributed by atoms with E-state index in [4.69, 9.17) is 0 Å². The quantitative estimate of drug-likeness (QED) is 0.756. The number of hydrogen-bond acceptors (Lipinski definition) is 4. The molecular formula is C19H24BrN5O2. The van der Waals surface area contributed by atoms with Gasteiger partial charge in [0.1, 0.15) is 5.69 Å².